The number of rotatable bonds is 4. The number of benzene rings is 1. The molecule has 1 aromatic heterocycles. The highest BCUT2D eigenvalue weighted by molar-refractivity contribution is 5.73. The van der Waals surface area contributed by atoms with Crippen LogP contribution in [0.5, 0.6) is 0 Å². The van der Waals surface area contributed by atoms with Gasteiger partial charge in [0.15, 0.2) is 0 Å². The van der Waals surface area contributed by atoms with Gasteiger partial charge in [0.05, 0.1) is 6.54 Å². The van der Waals surface area contributed by atoms with Crippen LogP contribution in [0.1, 0.15) is 22.4 Å². The van der Waals surface area contributed by atoms with Crippen LogP contribution < -0.4 is 10.9 Å². The monoisotopic (exact) mass is 317 g/mol. The first-order valence-electron chi connectivity index (χ1n) is 7.29. The van der Waals surface area contributed by atoms with Crippen molar-refractivity contribution in [3.8, 4) is 0 Å². The first-order chi connectivity index (χ1) is 10.9. The fraction of sp³-hybridized carbons (Fsp3) is 0.294. The van der Waals surface area contributed by atoms with E-state index in [2.05, 4.69) is 10.3 Å². The van der Waals surface area contributed by atoms with Gasteiger partial charge in [0, 0.05) is 24.8 Å². The first-order valence-corrected chi connectivity index (χ1v) is 7.29. The number of carbonyl (C=O) groups is 1. The quantitative estimate of drug-likeness (QED) is 0.910. The topological polar surface area (TPSA) is 65.2 Å². The van der Waals surface area contributed by atoms with Gasteiger partial charge in [-0.15, -0.1) is 0 Å². The van der Waals surface area contributed by atoms with Gasteiger partial charge < -0.3 is 15.2 Å². The Morgan fingerprint density at radius 3 is 2.70 bits per heavy atom. The molecule has 0 radical (unpaired) electrons. The first kappa shape index (κ1) is 16.7. The number of amides is 2. The number of nitrogens with zero attached hydrogens (tertiary/aromatic N) is 1. The van der Waals surface area contributed by atoms with E-state index in [4.69, 9.17) is 0 Å². The summed E-state index contributed by atoms with van der Waals surface area (Å²) in [6.07, 6.45) is 0. The van der Waals surface area contributed by atoms with Crippen molar-refractivity contribution in [3.05, 3.63) is 68.9 Å². The second-order valence-electron chi connectivity index (χ2n) is 5.59. The standard InChI is InChI=1S/C17H20FN3O2/c1-11-7-12(2)20-16(22)15(11)9-19-17(23)21(3)10-13-5-4-6-14(18)8-13/h4-8H,9-10H2,1-3H3,(H,19,23)(H,20,22). The fourth-order valence-corrected chi connectivity index (χ4v) is 2.38. The third-order valence-corrected chi connectivity index (χ3v) is 3.57. The number of aryl methyl sites for hydroxylation is 2. The predicted molar refractivity (Wildman–Crippen MR) is 86.6 cm³/mol. The van der Waals surface area contributed by atoms with Crippen LogP contribution in [-0.4, -0.2) is 23.0 Å². The molecule has 0 aliphatic heterocycles. The molecule has 5 nitrogen and oxygen atoms in total. The number of aromatic nitrogens is 1. The van der Waals surface area contributed by atoms with Crippen molar-refractivity contribution in [2.24, 2.45) is 0 Å². The van der Waals surface area contributed by atoms with Gasteiger partial charge in [-0.25, -0.2) is 9.18 Å². The Morgan fingerprint density at radius 2 is 2.04 bits per heavy atom. The molecule has 2 rings (SSSR count). The average molecular weight is 317 g/mol. The maximum Gasteiger partial charge on any atom is 0.317 e. The lowest BCUT2D eigenvalue weighted by Gasteiger charge is -2.18. The van der Waals surface area contributed by atoms with E-state index >= 15 is 0 Å². The molecule has 0 fully saturated rings. The minimum Gasteiger partial charge on any atom is -0.334 e. The third kappa shape index (κ3) is 4.42. The molecular formula is C17H20FN3O2. The van der Waals surface area contributed by atoms with Gasteiger partial charge in [-0.05, 0) is 43.2 Å². The molecule has 0 atom stereocenters. The number of H-pyrrole nitrogens is 1. The summed E-state index contributed by atoms with van der Waals surface area (Å²) in [5, 5.41) is 2.71. The molecule has 2 aromatic rings. The Morgan fingerprint density at radius 1 is 1.30 bits per heavy atom. The van der Waals surface area contributed by atoms with E-state index in [1.165, 1.54) is 17.0 Å². The second-order valence-corrected chi connectivity index (χ2v) is 5.59. The molecule has 122 valence electrons. The molecule has 0 unspecified atom stereocenters. The largest absolute Gasteiger partial charge is 0.334 e. The van der Waals surface area contributed by atoms with Gasteiger partial charge in [0.25, 0.3) is 5.56 Å². The molecule has 0 spiro atoms. The van der Waals surface area contributed by atoms with Crippen LogP contribution in [0.15, 0.2) is 35.1 Å². The van der Waals surface area contributed by atoms with Gasteiger partial charge in [-0.2, -0.15) is 0 Å². The second kappa shape index (κ2) is 7.09. The van der Waals surface area contributed by atoms with Gasteiger partial charge in [-0.3, -0.25) is 4.79 Å². The number of aromatic amines is 1. The number of pyridine rings is 1. The van der Waals surface area contributed by atoms with Crippen LogP contribution in [0.3, 0.4) is 0 Å². The van der Waals surface area contributed by atoms with Gasteiger partial charge in [0.1, 0.15) is 5.82 Å². The van der Waals surface area contributed by atoms with Gasteiger partial charge in [-0.1, -0.05) is 12.1 Å². The molecule has 2 N–H and O–H groups in total. The van der Waals surface area contributed by atoms with Crippen LogP contribution in [0, 0.1) is 19.7 Å². The van der Waals surface area contributed by atoms with E-state index in [1.807, 2.05) is 19.9 Å². The minimum absolute atomic E-state index is 0.147. The number of urea groups is 1. The van der Waals surface area contributed by atoms with E-state index in [0.29, 0.717) is 11.1 Å². The maximum absolute atomic E-state index is 13.2. The summed E-state index contributed by atoms with van der Waals surface area (Å²) >= 11 is 0. The summed E-state index contributed by atoms with van der Waals surface area (Å²) < 4.78 is 13.2. The summed E-state index contributed by atoms with van der Waals surface area (Å²) in [6, 6.07) is 7.63. The number of hydrogen-bond acceptors (Lipinski definition) is 2. The zero-order valence-corrected chi connectivity index (χ0v) is 13.4. The Balaban J connectivity index is 1.98. The fourth-order valence-electron chi connectivity index (χ4n) is 2.38. The molecule has 2 amide bonds. The SMILES string of the molecule is Cc1cc(C)c(CNC(=O)N(C)Cc2cccc(F)c2)c(=O)[nH]1. The highest BCUT2D eigenvalue weighted by Crippen LogP contribution is 2.07. The molecule has 1 aromatic carbocycles. The van der Waals surface area contributed by atoms with Crippen LogP contribution in [0.2, 0.25) is 0 Å². The number of hydrogen-bond donors (Lipinski definition) is 2. The Bertz CT molecular complexity index is 771. The van der Waals surface area contributed by atoms with Gasteiger partial charge in [0.2, 0.25) is 0 Å². The lowest BCUT2D eigenvalue weighted by molar-refractivity contribution is 0.206. The maximum atomic E-state index is 13.2. The van der Waals surface area contributed by atoms with Crippen molar-refractivity contribution in [2.75, 3.05) is 7.05 Å². The lowest BCUT2D eigenvalue weighted by atomic mass is 10.1. The normalized spacial score (nSPS) is 10.4. The highest BCUT2D eigenvalue weighted by Gasteiger charge is 2.11. The van der Waals surface area contributed by atoms with Crippen LogP contribution in [0.25, 0.3) is 0 Å². The van der Waals surface area contributed by atoms with E-state index < -0.39 is 0 Å². The summed E-state index contributed by atoms with van der Waals surface area (Å²) in [4.78, 5) is 28.2. The third-order valence-electron chi connectivity index (χ3n) is 3.57. The Labute approximate surface area is 134 Å². The molecule has 0 aliphatic rings. The van der Waals surface area contributed by atoms with Crippen molar-refractivity contribution in [1.82, 2.24) is 15.2 Å². The molecule has 0 saturated carbocycles. The van der Waals surface area contributed by atoms with E-state index in [-0.39, 0.29) is 30.5 Å². The molecule has 1 heterocycles. The zero-order chi connectivity index (χ0) is 17.0. The molecule has 6 heteroatoms. The van der Waals surface area contributed by atoms with E-state index in [9.17, 15) is 14.0 Å². The summed E-state index contributed by atoms with van der Waals surface area (Å²) in [5.41, 5.74) is 2.65. The Hall–Kier alpha value is -2.63. The zero-order valence-electron chi connectivity index (χ0n) is 13.4. The molecule has 0 saturated heterocycles. The van der Waals surface area contributed by atoms with Crippen LogP contribution >= 0.6 is 0 Å². The molecular weight excluding hydrogens is 297 g/mol. The summed E-state index contributed by atoms with van der Waals surface area (Å²) in [6.45, 7) is 4.07. The van der Waals surface area contributed by atoms with Gasteiger partial charge >= 0.3 is 6.03 Å². The van der Waals surface area contributed by atoms with Crippen molar-refractivity contribution < 1.29 is 9.18 Å². The number of carbonyl (C=O) groups excluding carboxylic acids is 1. The van der Waals surface area contributed by atoms with E-state index in [0.717, 1.165) is 11.3 Å². The van der Waals surface area contributed by atoms with Crippen molar-refractivity contribution >= 4 is 6.03 Å². The predicted octanol–water partition coefficient (Wildman–Crippen LogP) is 2.47. The molecule has 0 bridgehead atoms. The highest BCUT2D eigenvalue weighted by atomic mass is 19.1. The van der Waals surface area contributed by atoms with Crippen molar-refractivity contribution in [1.29, 1.82) is 0 Å². The molecule has 23 heavy (non-hydrogen) atoms. The number of halogens is 1. The number of nitrogens with one attached hydrogen (secondary N) is 2. The summed E-state index contributed by atoms with van der Waals surface area (Å²) in [7, 11) is 1.62. The molecule has 0 aliphatic carbocycles. The van der Waals surface area contributed by atoms with Crippen LogP contribution in [0.4, 0.5) is 9.18 Å². The summed E-state index contributed by atoms with van der Waals surface area (Å²) in [5.74, 6) is -0.335. The van der Waals surface area contributed by atoms with Crippen LogP contribution in [-0.2, 0) is 13.1 Å². The van der Waals surface area contributed by atoms with E-state index in [1.54, 1.807) is 19.2 Å². The minimum atomic E-state index is -0.335. The van der Waals surface area contributed by atoms with Crippen molar-refractivity contribution in [2.45, 2.75) is 26.9 Å². The lowest BCUT2D eigenvalue weighted by Crippen LogP contribution is -2.37. The van der Waals surface area contributed by atoms with Crippen molar-refractivity contribution in [3.63, 3.8) is 0 Å². The Kier molecular flexibility index (Phi) is 5.16. The average Bonchev–Trinajstić information content (AvgIpc) is 2.45. The smallest absolute Gasteiger partial charge is 0.317 e.